The third-order valence-corrected chi connectivity index (χ3v) is 4.14. The molecule has 0 unspecified atom stereocenters. The molecule has 2 amide bonds. The van der Waals surface area contributed by atoms with Crippen LogP contribution in [0.5, 0.6) is 5.75 Å². The predicted molar refractivity (Wildman–Crippen MR) is 110 cm³/mol. The first-order chi connectivity index (χ1) is 14.1. The van der Waals surface area contributed by atoms with Gasteiger partial charge in [-0.3, -0.25) is 9.59 Å². The Labute approximate surface area is 168 Å². The van der Waals surface area contributed by atoms with Crippen LogP contribution in [0.25, 0.3) is 0 Å². The van der Waals surface area contributed by atoms with Gasteiger partial charge in [0.25, 0.3) is 11.8 Å². The predicted octanol–water partition coefficient (Wildman–Crippen LogP) is 4.12. The van der Waals surface area contributed by atoms with E-state index in [0.717, 1.165) is 5.56 Å². The number of furan rings is 1. The second-order valence-electron chi connectivity index (χ2n) is 6.28. The van der Waals surface area contributed by atoms with Gasteiger partial charge < -0.3 is 24.5 Å². The first-order valence-electron chi connectivity index (χ1n) is 9.05. The summed E-state index contributed by atoms with van der Waals surface area (Å²) in [5, 5.41) is 5.60. The summed E-state index contributed by atoms with van der Waals surface area (Å²) in [5.74, 6) is 0.156. The Bertz CT molecular complexity index is 983. The number of hydrogen-bond donors (Lipinski definition) is 2. The maximum atomic E-state index is 12.7. The van der Waals surface area contributed by atoms with E-state index in [2.05, 4.69) is 10.6 Å². The fraction of sp³-hybridized carbons (Fsp3) is 0.182. The van der Waals surface area contributed by atoms with Crippen LogP contribution in [0.2, 0.25) is 0 Å². The van der Waals surface area contributed by atoms with Crippen LogP contribution in [0.1, 0.15) is 26.5 Å². The molecule has 2 aromatic carbocycles. The summed E-state index contributed by atoms with van der Waals surface area (Å²) in [5.41, 5.74) is 2.38. The highest BCUT2D eigenvalue weighted by Crippen LogP contribution is 2.21. The molecule has 0 aliphatic carbocycles. The molecular formula is C22H22N2O5. The molecule has 0 aliphatic heterocycles. The van der Waals surface area contributed by atoms with E-state index in [1.165, 1.54) is 6.26 Å². The molecule has 29 heavy (non-hydrogen) atoms. The minimum Gasteiger partial charge on any atom is -0.491 e. The average molecular weight is 394 g/mol. The van der Waals surface area contributed by atoms with E-state index in [1.54, 1.807) is 61.7 Å². The SMILES string of the molecule is COCCOc1cccc(NC(=O)c2ccc(C)c(NC(=O)c3ccco3)c2)c1. The van der Waals surface area contributed by atoms with Gasteiger partial charge in [0.2, 0.25) is 0 Å². The zero-order valence-electron chi connectivity index (χ0n) is 16.2. The first kappa shape index (κ1) is 20.2. The molecule has 3 rings (SSSR count). The second kappa shape index (κ2) is 9.57. The Morgan fingerprint density at radius 1 is 0.966 bits per heavy atom. The number of rotatable bonds is 8. The quantitative estimate of drug-likeness (QED) is 0.561. The lowest BCUT2D eigenvalue weighted by Crippen LogP contribution is -2.15. The molecule has 0 saturated carbocycles. The third kappa shape index (κ3) is 5.46. The van der Waals surface area contributed by atoms with Crippen LogP contribution in [0.15, 0.2) is 65.3 Å². The summed E-state index contributed by atoms with van der Waals surface area (Å²) in [6.07, 6.45) is 1.43. The van der Waals surface area contributed by atoms with Gasteiger partial charge in [-0.25, -0.2) is 0 Å². The summed E-state index contributed by atoms with van der Waals surface area (Å²) in [4.78, 5) is 24.9. The van der Waals surface area contributed by atoms with E-state index in [9.17, 15) is 9.59 Å². The highest BCUT2D eigenvalue weighted by molar-refractivity contribution is 6.07. The Morgan fingerprint density at radius 3 is 2.59 bits per heavy atom. The summed E-state index contributed by atoms with van der Waals surface area (Å²) < 4.78 is 15.6. The van der Waals surface area contributed by atoms with E-state index in [1.807, 2.05) is 6.92 Å². The van der Waals surface area contributed by atoms with E-state index < -0.39 is 0 Å². The normalized spacial score (nSPS) is 10.4. The number of hydrogen-bond acceptors (Lipinski definition) is 5. The van der Waals surface area contributed by atoms with Crippen molar-refractivity contribution in [2.75, 3.05) is 31.0 Å². The van der Waals surface area contributed by atoms with Gasteiger partial charge in [0, 0.05) is 30.1 Å². The maximum Gasteiger partial charge on any atom is 0.291 e. The van der Waals surface area contributed by atoms with Gasteiger partial charge >= 0.3 is 0 Å². The molecule has 0 spiro atoms. The standard InChI is InChI=1S/C22H22N2O5/c1-15-8-9-16(13-19(15)24-22(26)20-7-4-10-29-20)21(25)23-17-5-3-6-18(14-17)28-12-11-27-2/h3-10,13-14H,11-12H2,1-2H3,(H,23,25)(H,24,26). The molecule has 150 valence electrons. The van der Waals surface area contributed by atoms with Gasteiger partial charge in [-0.2, -0.15) is 0 Å². The van der Waals surface area contributed by atoms with Crippen molar-refractivity contribution >= 4 is 23.2 Å². The highest BCUT2D eigenvalue weighted by Gasteiger charge is 2.13. The first-order valence-corrected chi connectivity index (χ1v) is 9.05. The van der Waals surface area contributed by atoms with Crippen molar-refractivity contribution in [1.82, 2.24) is 0 Å². The Hall–Kier alpha value is -3.58. The van der Waals surface area contributed by atoms with Crippen molar-refractivity contribution in [2.45, 2.75) is 6.92 Å². The highest BCUT2D eigenvalue weighted by atomic mass is 16.5. The van der Waals surface area contributed by atoms with E-state index in [4.69, 9.17) is 13.9 Å². The van der Waals surface area contributed by atoms with Crippen molar-refractivity contribution in [1.29, 1.82) is 0 Å². The third-order valence-electron chi connectivity index (χ3n) is 4.14. The van der Waals surface area contributed by atoms with Crippen LogP contribution >= 0.6 is 0 Å². The van der Waals surface area contributed by atoms with Gasteiger partial charge in [0.1, 0.15) is 12.4 Å². The molecule has 3 aromatic rings. The van der Waals surface area contributed by atoms with Crippen molar-refractivity contribution in [3.63, 3.8) is 0 Å². The van der Waals surface area contributed by atoms with Crippen LogP contribution in [0.4, 0.5) is 11.4 Å². The van der Waals surface area contributed by atoms with Crippen molar-refractivity contribution in [3.05, 3.63) is 77.7 Å². The van der Waals surface area contributed by atoms with Crippen LogP contribution < -0.4 is 15.4 Å². The minimum atomic E-state index is -0.378. The summed E-state index contributed by atoms with van der Waals surface area (Å²) >= 11 is 0. The molecule has 0 fully saturated rings. The maximum absolute atomic E-state index is 12.7. The summed E-state index contributed by atoms with van der Waals surface area (Å²) in [7, 11) is 1.60. The van der Waals surface area contributed by atoms with Gasteiger partial charge in [-0.05, 0) is 48.9 Å². The monoisotopic (exact) mass is 394 g/mol. The van der Waals surface area contributed by atoms with Gasteiger partial charge in [0.05, 0.1) is 12.9 Å². The van der Waals surface area contributed by atoms with Gasteiger partial charge in [0.15, 0.2) is 5.76 Å². The average Bonchev–Trinajstić information content (AvgIpc) is 3.25. The molecule has 7 nitrogen and oxygen atoms in total. The Kier molecular flexibility index (Phi) is 6.65. The van der Waals surface area contributed by atoms with Crippen molar-refractivity contribution < 1.29 is 23.5 Å². The van der Waals surface area contributed by atoms with Crippen molar-refractivity contribution in [3.8, 4) is 5.75 Å². The molecule has 0 aliphatic rings. The molecular weight excluding hydrogens is 372 g/mol. The molecule has 0 bridgehead atoms. The lowest BCUT2D eigenvalue weighted by Gasteiger charge is -2.11. The molecule has 2 N–H and O–H groups in total. The van der Waals surface area contributed by atoms with Gasteiger partial charge in [-0.15, -0.1) is 0 Å². The number of carbonyl (C=O) groups excluding carboxylic acids is 2. The van der Waals surface area contributed by atoms with Crippen LogP contribution in [0, 0.1) is 6.92 Å². The molecule has 1 aromatic heterocycles. The zero-order valence-corrected chi connectivity index (χ0v) is 16.2. The minimum absolute atomic E-state index is 0.199. The van der Waals surface area contributed by atoms with E-state index in [-0.39, 0.29) is 17.6 Å². The number of ether oxygens (including phenoxy) is 2. The number of aryl methyl sites for hydroxylation is 1. The Balaban J connectivity index is 1.69. The number of benzene rings is 2. The molecule has 0 saturated heterocycles. The largest absolute Gasteiger partial charge is 0.491 e. The van der Waals surface area contributed by atoms with E-state index >= 15 is 0 Å². The van der Waals surface area contributed by atoms with Crippen LogP contribution in [0.3, 0.4) is 0 Å². The summed E-state index contributed by atoms with van der Waals surface area (Å²) in [6, 6.07) is 15.4. The number of carbonyl (C=O) groups is 2. The number of methoxy groups -OCH3 is 1. The fourth-order valence-electron chi connectivity index (χ4n) is 2.60. The summed E-state index contributed by atoms with van der Waals surface area (Å²) in [6.45, 7) is 2.75. The smallest absolute Gasteiger partial charge is 0.291 e. The number of anilines is 2. The number of amides is 2. The Morgan fingerprint density at radius 2 is 1.83 bits per heavy atom. The van der Waals surface area contributed by atoms with Crippen LogP contribution in [-0.2, 0) is 4.74 Å². The molecule has 7 heteroatoms. The molecule has 0 atom stereocenters. The van der Waals surface area contributed by atoms with E-state index in [0.29, 0.717) is 35.9 Å². The zero-order chi connectivity index (χ0) is 20.6. The van der Waals surface area contributed by atoms with Crippen LogP contribution in [-0.4, -0.2) is 32.1 Å². The topological polar surface area (TPSA) is 89.8 Å². The fourth-order valence-corrected chi connectivity index (χ4v) is 2.60. The second-order valence-corrected chi connectivity index (χ2v) is 6.28. The van der Waals surface area contributed by atoms with Crippen molar-refractivity contribution in [2.24, 2.45) is 0 Å². The molecule has 0 radical (unpaired) electrons. The number of nitrogens with one attached hydrogen (secondary N) is 2. The lowest BCUT2D eigenvalue weighted by atomic mass is 10.1. The lowest BCUT2D eigenvalue weighted by molar-refractivity contribution is 0.0993. The van der Waals surface area contributed by atoms with Gasteiger partial charge in [-0.1, -0.05) is 12.1 Å². The molecule has 1 heterocycles.